The van der Waals surface area contributed by atoms with Gasteiger partial charge in [-0.15, -0.1) is 0 Å². The third kappa shape index (κ3) is 3.04. The van der Waals surface area contributed by atoms with Crippen molar-refractivity contribution in [1.29, 1.82) is 0 Å². The maximum absolute atomic E-state index is 14.0. The Kier molecular flexibility index (Phi) is 4.03. The van der Waals surface area contributed by atoms with Crippen LogP contribution in [0.1, 0.15) is 16.1 Å². The van der Waals surface area contributed by atoms with Crippen LogP contribution in [0.4, 0.5) is 9.52 Å². The summed E-state index contributed by atoms with van der Waals surface area (Å²) >= 11 is 1.28. The minimum atomic E-state index is -0.398. The lowest BCUT2D eigenvalue weighted by atomic mass is 10.2. The van der Waals surface area contributed by atoms with Crippen molar-refractivity contribution in [3.63, 3.8) is 0 Å². The number of anilines is 1. The number of furan rings is 1. The molecule has 2 aromatic heterocycles. The number of fused-ring (bicyclic) bond motifs is 1. The van der Waals surface area contributed by atoms with Crippen molar-refractivity contribution in [2.24, 2.45) is 0 Å². The molecule has 0 aliphatic heterocycles. The van der Waals surface area contributed by atoms with Crippen LogP contribution in [0.2, 0.25) is 0 Å². The predicted molar refractivity (Wildman–Crippen MR) is 95.2 cm³/mol. The highest BCUT2D eigenvalue weighted by molar-refractivity contribution is 7.22. The van der Waals surface area contributed by atoms with Gasteiger partial charge in [0, 0.05) is 5.56 Å². The number of carbonyl (C=O) groups excluding carboxylic acids is 1. The van der Waals surface area contributed by atoms with Crippen molar-refractivity contribution in [2.45, 2.75) is 6.54 Å². The third-order valence-electron chi connectivity index (χ3n) is 3.75. The summed E-state index contributed by atoms with van der Waals surface area (Å²) in [6, 6.07) is 17.3. The molecule has 2 heterocycles. The van der Waals surface area contributed by atoms with Gasteiger partial charge in [-0.1, -0.05) is 35.6 Å². The van der Waals surface area contributed by atoms with E-state index in [-0.39, 0.29) is 18.0 Å². The largest absolute Gasteiger partial charge is 0.467 e. The second-order valence-corrected chi connectivity index (χ2v) is 6.43. The first-order chi connectivity index (χ1) is 12.2. The molecule has 124 valence electrons. The first-order valence-corrected chi connectivity index (χ1v) is 8.48. The zero-order valence-corrected chi connectivity index (χ0v) is 13.9. The summed E-state index contributed by atoms with van der Waals surface area (Å²) < 4.78 is 20.1. The van der Waals surface area contributed by atoms with Crippen LogP contribution in [-0.2, 0) is 6.54 Å². The highest BCUT2D eigenvalue weighted by Crippen LogP contribution is 2.32. The van der Waals surface area contributed by atoms with Gasteiger partial charge in [0.05, 0.1) is 17.5 Å². The van der Waals surface area contributed by atoms with Crippen LogP contribution in [-0.4, -0.2) is 10.9 Å². The van der Waals surface area contributed by atoms with E-state index in [1.54, 1.807) is 54.8 Å². The number of hydrogen-bond acceptors (Lipinski definition) is 4. The van der Waals surface area contributed by atoms with Crippen LogP contribution in [0.3, 0.4) is 0 Å². The summed E-state index contributed by atoms with van der Waals surface area (Å²) in [6.45, 7) is 0.224. The lowest BCUT2D eigenvalue weighted by Gasteiger charge is -2.18. The van der Waals surface area contributed by atoms with Crippen molar-refractivity contribution in [3.8, 4) is 0 Å². The van der Waals surface area contributed by atoms with E-state index in [1.807, 2.05) is 6.07 Å². The van der Waals surface area contributed by atoms with Crippen molar-refractivity contribution in [1.82, 2.24) is 4.98 Å². The van der Waals surface area contributed by atoms with Gasteiger partial charge in [0.15, 0.2) is 5.13 Å². The Labute approximate surface area is 147 Å². The van der Waals surface area contributed by atoms with E-state index in [9.17, 15) is 9.18 Å². The number of para-hydroxylation sites is 1. The number of amides is 1. The van der Waals surface area contributed by atoms with Gasteiger partial charge in [-0.3, -0.25) is 9.69 Å². The van der Waals surface area contributed by atoms with Crippen LogP contribution >= 0.6 is 11.3 Å². The summed E-state index contributed by atoms with van der Waals surface area (Å²) in [7, 11) is 0. The molecule has 4 aromatic rings. The predicted octanol–water partition coefficient (Wildman–Crippen LogP) is 4.88. The summed E-state index contributed by atoms with van der Waals surface area (Å²) in [5, 5.41) is 0.436. The van der Waals surface area contributed by atoms with E-state index < -0.39 is 5.82 Å². The number of thiazole rings is 1. The van der Waals surface area contributed by atoms with Gasteiger partial charge in [0.2, 0.25) is 0 Å². The highest BCUT2D eigenvalue weighted by Gasteiger charge is 2.23. The van der Waals surface area contributed by atoms with Gasteiger partial charge in [-0.2, -0.15) is 0 Å². The molecule has 0 atom stereocenters. The SMILES string of the molecule is O=C(c1ccccc1)N(Cc1ccco1)c1nc2c(F)cccc2s1. The average Bonchev–Trinajstić information content (AvgIpc) is 3.30. The molecular weight excluding hydrogens is 339 g/mol. The molecule has 0 bridgehead atoms. The summed E-state index contributed by atoms with van der Waals surface area (Å²) in [6.07, 6.45) is 1.55. The van der Waals surface area contributed by atoms with Crippen LogP contribution in [0.25, 0.3) is 10.2 Å². The molecule has 0 N–H and O–H groups in total. The topological polar surface area (TPSA) is 46.3 Å². The molecule has 4 rings (SSSR count). The number of halogens is 1. The monoisotopic (exact) mass is 352 g/mol. The van der Waals surface area contributed by atoms with Crippen molar-refractivity contribution >= 4 is 32.6 Å². The molecule has 2 aromatic carbocycles. The van der Waals surface area contributed by atoms with Crippen molar-refractivity contribution in [3.05, 3.63) is 84.1 Å². The number of carbonyl (C=O) groups is 1. The van der Waals surface area contributed by atoms with Gasteiger partial charge in [0.25, 0.3) is 5.91 Å². The number of nitrogens with zero attached hydrogens (tertiary/aromatic N) is 2. The molecule has 0 radical (unpaired) electrons. The lowest BCUT2D eigenvalue weighted by molar-refractivity contribution is 0.0983. The first-order valence-electron chi connectivity index (χ1n) is 7.67. The Bertz CT molecular complexity index is 1010. The molecule has 0 fully saturated rings. The van der Waals surface area contributed by atoms with Gasteiger partial charge in [-0.05, 0) is 36.4 Å². The van der Waals surface area contributed by atoms with Crippen LogP contribution in [0.15, 0.2) is 71.3 Å². The minimum absolute atomic E-state index is 0.212. The highest BCUT2D eigenvalue weighted by atomic mass is 32.1. The van der Waals surface area contributed by atoms with E-state index in [0.29, 0.717) is 21.2 Å². The number of rotatable bonds is 4. The molecule has 0 spiro atoms. The molecule has 6 heteroatoms. The smallest absolute Gasteiger partial charge is 0.260 e. The summed E-state index contributed by atoms with van der Waals surface area (Å²) in [5.74, 6) is 0.0191. The fourth-order valence-corrected chi connectivity index (χ4v) is 3.52. The van der Waals surface area contributed by atoms with Crippen molar-refractivity contribution < 1.29 is 13.6 Å². The Morgan fingerprint density at radius 2 is 1.92 bits per heavy atom. The normalized spacial score (nSPS) is 10.9. The Hall–Kier alpha value is -2.99. The maximum Gasteiger partial charge on any atom is 0.260 e. The van der Waals surface area contributed by atoms with Crippen LogP contribution in [0.5, 0.6) is 0 Å². The zero-order valence-electron chi connectivity index (χ0n) is 13.1. The number of benzene rings is 2. The molecular formula is C19H13FN2O2S. The summed E-state index contributed by atoms with van der Waals surface area (Å²) in [4.78, 5) is 18.8. The van der Waals surface area contributed by atoms with E-state index in [1.165, 1.54) is 22.3 Å². The Balaban J connectivity index is 1.78. The molecule has 0 saturated heterocycles. The van der Waals surface area contributed by atoms with Crippen molar-refractivity contribution in [2.75, 3.05) is 4.90 Å². The van der Waals surface area contributed by atoms with E-state index in [4.69, 9.17) is 4.42 Å². The lowest BCUT2D eigenvalue weighted by Crippen LogP contribution is -2.30. The van der Waals surface area contributed by atoms with E-state index in [2.05, 4.69) is 4.98 Å². The summed E-state index contributed by atoms with van der Waals surface area (Å²) in [5.41, 5.74) is 0.807. The Morgan fingerprint density at radius 3 is 2.64 bits per heavy atom. The fourth-order valence-electron chi connectivity index (χ4n) is 2.54. The van der Waals surface area contributed by atoms with Gasteiger partial charge in [0.1, 0.15) is 17.1 Å². The fraction of sp³-hybridized carbons (Fsp3) is 0.0526. The Morgan fingerprint density at radius 1 is 1.08 bits per heavy atom. The number of hydrogen-bond donors (Lipinski definition) is 0. The standard InChI is InChI=1S/C19H13FN2O2S/c20-15-9-4-10-16-17(15)21-19(25-16)22(12-14-8-5-11-24-14)18(23)13-6-2-1-3-7-13/h1-11H,12H2. The van der Waals surface area contributed by atoms with Gasteiger partial charge < -0.3 is 4.42 Å². The molecule has 25 heavy (non-hydrogen) atoms. The van der Waals surface area contributed by atoms with Crippen LogP contribution in [0, 0.1) is 5.82 Å². The molecule has 0 unspecified atom stereocenters. The minimum Gasteiger partial charge on any atom is -0.467 e. The van der Waals surface area contributed by atoms with Gasteiger partial charge >= 0.3 is 0 Å². The van der Waals surface area contributed by atoms with E-state index in [0.717, 1.165) is 0 Å². The second kappa shape index (κ2) is 6.49. The second-order valence-electron chi connectivity index (χ2n) is 5.42. The molecule has 1 amide bonds. The average molecular weight is 352 g/mol. The molecule has 0 saturated carbocycles. The quantitative estimate of drug-likeness (QED) is 0.526. The maximum atomic E-state index is 14.0. The molecule has 0 aliphatic rings. The molecule has 4 nitrogen and oxygen atoms in total. The third-order valence-corrected chi connectivity index (χ3v) is 4.79. The van der Waals surface area contributed by atoms with E-state index >= 15 is 0 Å². The molecule has 0 aliphatic carbocycles. The zero-order chi connectivity index (χ0) is 17.2. The van der Waals surface area contributed by atoms with Crippen LogP contribution < -0.4 is 4.90 Å². The number of aromatic nitrogens is 1. The first kappa shape index (κ1) is 15.5. The van der Waals surface area contributed by atoms with Gasteiger partial charge in [-0.25, -0.2) is 9.37 Å².